The molecule has 13 heavy (non-hydrogen) atoms. The molecular formula is C9H10BrNOS. The van der Waals surface area contributed by atoms with Crippen LogP contribution in [0.3, 0.4) is 0 Å². The zero-order valence-corrected chi connectivity index (χ0v) is 9.53. The number of nitrogens with zero attached hydrogens (tertiary/aromatic N) is 1. The first-order chi connectivity index (χ1) is 6.25. The van der Waals surface area contributed by atoms with Gasteiger partial charge in [0.2, 0.25) is 0 Å². The normalized spacial score (nSPS) is 17.0. The Balaban J connectivity index is 1.96. The number of hydrogen-bond donors (Lipinski definition) is 0. The number of hydrogen-bond acceptors (Lipinski definition) is 3. The summed E-state index contributed by atoms with van der Waals surface area (Å²) in [6.45, 7) is 0. The van der Waals surface area contributed by atoms with Crippen LogP contribution >= 0.6 is 27.3 Å². The molecule has 1 fully saturated rings. The van der Waals surface area contributed by atoms with Crippen molar-refractivity contribution in [1.29, 1.82) is 0 Å². The lowest BCUT2D eigenvalue weighted by atomic mass is 9.82. The Hall–Kier alpha value is -0.220. The first-order valence-corrected chi connectivity index (χ1v) is 6.07. The zero-order valence-electron chi connectivity index (χ0n) is 7.12. The summed E-state index contributed by atoms with van der Waals surface area (Å²) in [5.41, 5.74) is 0. The number of carbonyl (C=O) groups is 1. The molecule has 0 unspecified atom stereocenters. The summed E-state index contributed by atoms with van der Waals surface area (Å²) >= 11 is 4.67. The molecule has 0 saturated heterocycles. The largest absolute Gasteiger partial charge is 0.292 e. The highest BCUT2D eigenvalue weighted by molar-refractivity contribution is 9.10. The molecule has 2 nitrogen and oxygen atoms in total. The second kappa shape index (κ2) is 3.88. The van der Waals surface area contributed by atoms with Gasteiger partial charge in [-0.25, -0.2) is 4.98 Å². The molecule has 0 spiro atoms. The fourth-order valence-corrected chi connectivity index (χ4v) is 2.63. The maximum atomic E-state index is 11.6. The van der Waals surface area contributed by atoms with Crippen molar-refractivity contribution in [3.8, 4) is 0 Å². The van der Waals surface area contributed by atoms with Gasteiger partial charge in [0.1, 0.15) is 4.60 Å². The number of Topliss-reactive ketones (excluding diaryl/α,β-unsaturated/α-hetero) is 1. The van der Waals surface area contributed by atoms with Crippen LogP contribution < -0.4 is 0 Å². The fourth-order valence-electron chi connectivity index (χ4n) is 1.43. The summed E-state index contributed by atoms with van der Waals surface area (Å²) in [5.74, 6) is 0.843. The minimum Gasteiger partial charge on any atom is -0.292 e. The maximum absolute atomic E-state index is 11.6. The predicted octanol–water partition coefficient (Wildman–Crippen LogP) is 3.28. The van der Waals surface area contributed by atoms with Gasteiger partial charge in [-0.15, -0.1) is 11.3 Å². The van der Waals surface area contributed by atoms with Gasteiger partial charge in [-0.05, 0) is 34.7 Å². The third-order valence-corrected chi connectivity index (χ3v) is 4.01. The molecule has 0 aliphatic heterocycles. The molecule has 1 aromatic rings. The molecule has 0 bridgehead atoms. The topological polar surface area (TPSA) is 30.0 Å². The van der Waals surface area contributed by atoms with Gasteiger partial charge in [-0.1, -0.05) is 6.42 Å². The summed E-state index contributed by atoms with van der Waals surface area (Å²) in [4.78, 5) is 15.7. The van der Waals surface area contributed by atoms with Gasteiger partial charge in [-0.3, -0.25) is 4.79 Å². The van der Waals surface area contributed by atoms with E-state index in [0.29, 0.717) is 17.3 Å². The van der Waals surface area contributed by atoms with Gasteiger partial charge < -0.3 is 0 Å². The molecule has 1 saturated carbocycles. The molecule has 0 atom stereocenters. The van der Waals surface area contributed by atoms with Crippen molar-refractivity contribution < 1.29 is 4.79 Å². The molecule has 0 amide bonds. The number of halogens is 1. The Morgan fingerprint density at radius 1 is 1.69 bits per heavy atom. The lowest BCUT2D eigenvalue weighted by Crippen LogP contribution is -2.15. The Morgan fingerprint density at radius 2 is 2.46 bits per heavy atom. The quantitative estimate of drug-likeness (QED) is 0.780. The van der Waals surface area contributed by atoms with Crippen LogP contribution in [0.2, 0.25) is 0 Å². The molecule has 2 rings (SSSR count). The van der Waals surface area contributed by atoms with Crippen LogP contribution in [-0.4, -0.2) is 10.8 Å². The summed E-state index contributed by atoms with van der Waals surface area (Å²) in [6, 6.07) is 0. The standard InChI is InChI=1S/C9H10BrNOS/c10-8-5-13-9(11-8)7(12)4-6-2-1-3-6/h5-6H,1-4H2. The summed E-state index contributed by atoms with van der Waals surface area (Å²) in [7, 11) is 0. The fraction of sp³-hybridized carbons (Fsp3) is 0.556. The van der Waals surface area contributed by atoms with E-state index in [1.54, 1.807) is 0 Å². The summed E-state index contributed by atoms with van der Waals surface area (Å²) < 4.78 is 0.773. The van der Waals surface area contributed by atoms with E-state index in [0.717, 1.165) is 4.60 Å². The van der Waals surface area contributed by atoms with Gasteiger partial charge in [0.25, 0.3) is 0 Å². The molecule has 1 aromatic heterocycles. The van der Waals surface area contributed by atoms with E-state index >= 15 is 0 Å². The number of aromatic nitrogens is 1. The summed E-state index contributed by atoms with van der Waals surface area (Å²) in [5, 5.41) is 2.51. The van der Waals surface area contributed by atoms with E-state index in [9.17, 15) is 4.79 Å². The van der Waals surface area contributed by atoms with Crippen LogP contribution in [-0.2, 0) is 0 Å². The molecule has 1 heterocycles. The first-order valence-electron chi connectivity index (χ1n) is 4.40. The van der Waals surface area contributed by atoms with Crippen molar-refractivity contribution in [2.75, 3.05) is 0 Å². The van der Waals surface area contributed by atoms with Crippen LogP contribution in [0.15, 0.2) is 9.98 Å². The van der Waals surface area contributed by atoms with Crippen molar-refractivity contribution in [3.63, 3.8) is 0 Å². The Morgan fingerprint density at radius 3 is 2.92 bits per heavy atom. The Labute approximate surface area is 89.5 Å². The lowest BCUT2D eigenvalue weighted by Gasteiger charge is -2.23. The van der Waals surface area contributed by atoms with E-state index in [1.165, 1.54) is 30.6 Å². The molecule has 1 aliphatic rings. The zero-order chi connectivity index (χ0) is 9.26. The van der Waals surface area contributed by atoms with Crippen molar-refractivity contribution in [2.45, 2.75) is 25.7 Å². The maximum Gasteiger partial charge on any atom is 0.191 e. The lowest BCUT2D eigenvalue weighted by molar-refractivity contribution is 0.0936. The SMILES string of the molecule is O=C(CC1CCC1)c1nc(Br)cs1. The highest BCUT2D eigenvalue weighted by Crippen LogP contribution is 2.31. The van der Waals surface area contributed by atoms with Crippen LogP contribution in [0, 0.1) is 5.92 Å². The van der Waals surface area contributed by atoms with Crippen molar-refractivity contribution in [2.24, 2.45) is 5.92 Å². The number of ketones is 1. The minimum absolute atomic E-state index is 0.209. The molecule has 0 aromatic carbocycles. The Kier molecular flexibility index (Phi) is 2.79. The first kappa shape index (κ1) is 9.34. The molecular weight excluding hydrogens is 250 g/mol. The van der Waals surface area contributed by atoms with E-state index in [4.69, 9.17) is 0 Å². The van der Waals surface area contributed by atoms with Crippen LogP contribution in [0.25, 0.3) is 0 Å². The molecule has 1 aliphatic carbocycles. The van der Waals surface area contributed by atoms with Gasteiger partial charge in [0.05, 0.1) is 0 Å². The smallest absolute Gasteiger partial charge is 0.191 e. The second-order valence-electron chi connectivity index (χ2n) is 3.40. The van der Waals surface area contributed by atoms with Crippen LogP contribution in [0.4, 0.5) is 0 Å². The highest BCUT2D eigenvalue weighted by atomic mass is 79.9. The second-order valence-corrected chi connectivity index (χ2v) is 5.07. The van der Waals surface area contributed by atoms with Gasteiger partial charge in [0.15, 0.2) is 10.8 Å². The number of carbonyl (C=O) groups excluding carboxylic acids is 1. The van der Waals surface area contributed by atoms with Crippen LogP contribution in [0.5, 0.6) is 0 Å². The Bertz CT molecular complexity index is 319. The molecule has 0 radical (unpaired) electrons. The van der Waals surface area contributed by atoms with Crippen molar-refractivity contribution in [3.05, 3.63) is 15.0 Å². The van der Waals surface area contributed by atoms with E-state index in [1.807, 2.05) is 5.38 Å². The summed E-state index contributed by atoms with van der Waals surface area (Å²) in [6.07, 6.45) is 4.43. The average Bonchev–Trinajstić information content (AvgIpc) is 2.44. The predicted molar refractivity (Wildman–Crippen MR) is 56.1 cm³/mol. The van der Waals surface area contributed by atoms with Gasteiger partial charge >= 0.3 is 0 Å². The van der Waals surface area contributed by atoms with Crippen LogP contribution in [0.1, 0.15) is 35.5 Å². The van der Waals surface area contributed by atoms with Crippen molar-refractivity contribution >= 4 is 33.0 Å². The molecule has 0 N–H and O–H groups in total. The number of thiazole rings is 1. The third kappa shape index (κ3) is 2.17. The third-order valence-electron chi connectivity index (χ3n) is 2.41. The number of rotatable bonds is 3. The molecule has 4 heteroatoms. The van der Waals surface area contributed by atoms with Gasteiger partial charge in [-0.2, -0.15) is 0 Å². The minimum atomic E-state index is 0.209. The highest BCUT2D eigenvalue weighted by Gasteiger charge is 2.22. The van der Waals surface area contributed by atoms with E-state index in [2.05, 4.69) is 20.9 Å². The monoisotopic (exact) mass is 259 g/mol. The average molecular weight is 260 g/mol. The molecule has 70 valence electrons. The van der Waals surface area contributed by atoms with Crippen molar-refractivity contribution in [1.82, 2.24) is 4.98 Å². The van der Waals surface area contributed by atoms with E-state index in [-0.39, 0.29) is 5.78 Å². The van der Waals surface area contributed by atoms with Gasteiger partial charge in [0, 0.05) is 11.8 Å². The van der Waals surface area contributed by atoms with E-state index < -0.39 is 0 Å².